The summed E-state index contributed by atoms with van der Waals surface area (Å²) >= 11 is 1.32. The highest BCUT2D eigenvalue weighted by molar-refractivity contribution is 7.15. The fraction of sp³-hybridized carbons (Fsp3) is 0.321. The predicted molar refractivity (Wildman–Crippen MR) is 148 cm³/mol. The van der Waals surface area contributed by atoms with Crippen LogP contribution in [-0.2, 0) is 6.54 Å². The summed E-state index contributed by atoms with van der Waals surface area (Å²) in [4.78, 5) is 30.5. The van der Waals surface area contributed by atoms with Gasteiger partial charge in [-0.15, -0.1) is 11.3 Å². The van der Waals surface area contributed by atoms with Gasteiger partial charge in [0, 0.05) is 44.8 Å². The summed E-state index contributed by atoms with van der Waals surface area (Å²) in [6, 6.07) is 15.4. The van der Waals surface area contributed by atoms with E-state index in [0.717, 1.165) is 55.0 Å². The molecular formula is C28H33N5O3S. The first-order chi connectivity index (χ1) is 17.9. The van der Waals surface area contributed by atoms with Gasteiger partial charge >= 0.3 is 0 Å². The number of benzene rings is 2. The second kappa shape index (κ2) is 12.7. The zero-order valence-corrected chi connectivity index (χ0v) is 22.1. The smallest absolute Gasteiger partial charge is 0.274 e. The molecule has 8 nitrogen and oxygen atoms in total. The molecule has 0 atom stereocenters. The van der Waals surface area contributed by atoms with Crippen molar-refractivity contribution >= 4 is 34.4 Å². The van der Waals surface area contributed by atoms with E-state index < -0.39 is 0 Å². The van der Waals surface area contributed by atoms with Crippen LogP contribution in [0.3, 0.4) is 0 Å². The van der Waals surface area contributed by atoms with Gasteiger partial charge in [0.1, 0.15) is 5.00 Å². The quantitative estimate of drug-likeness (QED) is 0.297. The molecule has 2 amide bonds. The molecule has 3 aromatic rings. The molecule has 0 aliphatic carbocycles. The molecule has 0 radical (unpaired) electrons. The largest absolute Gasteiger partial charge is 0.395 e. The van der Waals surface area contributed by atoms with E-state index in [0.29, 0.717) is 22.7 Å². The highest BCUT2D eigenvalue weighted by atomic mass is 32.1. The lowest BCUT2D eigenvalue weighted by Gasteiger charge is -2.34. The fourth-order valence-corrected chi connectivity index (χ4v) is 5.18. The number of hydrogen-bond acceptors (Lipinski definition) is 7. The second-order valence-electron chi connectivity index (χ2n) is 9.23. The zero-order valence-electron chi connectivity index (χ0n) is 21.2. The van der Waals surface area contributed by atoms with E-state index in [1.165, 1.54) is 11.3 Å². The van der Waals surface area contributed by atoms with E-state index in [-0.39, 0.29) is 18.4 Å². The van der Waals surface area contributed by atoms with Gasteiger partial charge in [0.25, 0.3) is 11.8 Å². The maximum Gasteiger partial charge on any atom is 0.274 e. The molecule has 0 spiro atoms. The van der Waals surface area contributed by atoms with Gasteiger partial charge in [-0.25, -0.2) is 5.43 Å². The molecule has 0 bridgehead atoms. The fourth-order valence-electron chi connectivity index (χ4n) is 4.25. The number of β-amino-alcohol motifs (C(OH)–C–C–N with tert-alkyl or cyclic N) is 1. The summed E-state index contributed by atoms with van der Waals surface area (Å²) in [5.41, 5.74) is 7.40. The molecule has 1 aliphatic rings. The van der Waals surface area contributed by atoms with E-state index in [1.807, 2.05) is 61.7 Å². The third-order valence-corrected chi connectivity index (χ3v) is 7.38. The van der Waals surface area contributed by atoms with Crippen LogP contribution in [0.2, 0.25) is 0 Å². The maximum absolute atomic E-state index is 13.1. The van der Waals surface area contributed by atoms with Gasteiger partial charge in [-0.1, -0.05) is 42.0 Å². The topological polar surface area (TPSA) is 97.3 Å². The number of aliphatic hydroxyl groups excluding tert-OH is 1. The molecule has 2 aromatic carbocycles. The number of rotatable bonds is 9. The second-order valence-corrected chi connectivity index (χ2v) is 10.1. The number of amides is 2. The minimum atomic E-state index is -0.369. The molecule has 0 saturated carbocycles. The molecule has 1 aliphatic heterocycles. The predicted octanol–water partition coefficient (Wildman–Crippen LogP) is 3.49. The Labute approximate surface area is 221 Å². The van der Waals surface area contributed by atoms with Gasteiger partial charge in [-0.3, -0.25) is 19.4 Å². The summed E-state index contributed by atoms with van der Waals surface area (Å²) in [5.74, 6) is -0.625. The number of aryl methyl sites for hydroxylation is 2. The van der Waals surface area contributed by atoms with Gasteiger partial charge in [-0.05, 0) is 48.1 Å². The minimum absolute atomic E-state index is 0.185. The molecule has 194 valence electrons. The monoisotopic (exact) mass is 519 g/mol. The number of carbonyl (C=O) groups is 2. The van der Waals surface area contributed by atoms with Crippen LogP contribution in [0.25, 0.3) is 0 Å². The Balaban J connectivity index is 1.37. The number of nitrogens with zero attached hydrogens (tertiary/aromatic N) is 3. The van der Waals surface area contributed by atoms with E-state index >= 15 is 0 Å². The maximum atomic E-state index is 13.1. The van der Waals surface area contributed by atoms with Crippen LogP contribution in [0.15, 0.2) is 59.0 Å². The Morgan fingerprint density at radius 2 is 1.76 bits per heavy atom. The minimum Gasteiger partial charge on any atom is -0.395 e. The highest BCUT2D eigenvalue weighted by Crippen LogP contribution is 2.28. The van der Waals surface area contributed by atoms with Gasteiger partial charge in [0.15, 0.2) is 0 Å². The molecular weight excluding hydrogens is 486 g/mol. The van der Waals surface area contributed by atoms with Crippen LogP contribution >= 0.6 is 11.3 Å². The highest BCUT2D eigenvalue weighted by Gasteiger charge is 2.20. The van der Waals surface area contributed by atoms with Crippen molar-refractivity contribution in [2.24, 2.45) is 5.10 Å². The average Bonchev–Trinajstić information content (AvgIpc) is 3.26. The Bertz CT molecular complexity index is 1250. The van der Waals surface area contributed by atoms with Gasteiger partial charge < -0.3 is 10.4 Å². The van der Waals surface area contributed by atoms with Crippen molar-refractivity contribution < 1.29 is 14.7 Å². The standard InChI is InChI=1S/C28H33N5O3S/c1-20-6-8-22(9-7-20)17-29-31-27(36)25-21(2)19-37-28(25)30-26(35)24-5-3-4-23(16-24)18-33-12-10-32(11-13-33)14-15-34/h3-9,16-17,19,34H,10-15,18H2,1-2H3,(H,30,35)(H,31,36)/b29-17+. The Morgan fingerprint density at radius 1 is 1.03 bits per heavy atom. The number of anilines is 1. The number of hydrazone groups is 1. The van der Waals surface area contributed by atoms with Crippen molar-refractivity contribution in [2.45, 2.75) is 20.4 Å². The van der Waals surface area contributed by atoms with Crippen molar-refractivity contribution in [1.82, 2.24) is 15.2 Å². The molecule has 0 unspecified atom stereocenters. The first kappa shape index (κ1) is 26.7. The molecule has 3 N–H and O–H groups in total. The van der Waals surface area contributed by atoms with E-state index in [1.54, 1.807) is 12.3 Å². The third-order valence-electron chi connectivity index (χ3n) is 6.36. The molecule has 37 heavy (non-hydrogen) atoms. The average molecular weight is 520 g/mol. The number of nitrogens with one attached hydrogen (secondary N) is 2. The summed E-state index contributed by atoms with van der Waals surface area (Å²) in [5, 5.41) is 18.5. The van der Waals surface area contributed by atoms with Crippen LogP contribution in [0.5, 0.6) is 0 Å². The summed E-state index contributed by atoms with van der Waals surface area (Å²) < 4.78 is 0. The van der Waals surface area contributed by atoms with Gasteiger partial charge in [-0.2, -0.15) is 5.10 Å². The number of aliphatic hydroxyl groups is 1. The van der Waals surface area contributed by atoms with Crippen molar-refractivity contribution in [3.05, 3.63) is 87.3 Å². The number of thiophene rings is 1. The molecule has 1 saturated heterocycles. The molecule has 2 heterocycles. The van der Waals surface area contributed by atoms with Crippen molar-refractivity contribution in [3.63, 3.8) is 0 Å². The Kier molecular flexibility index (Phi) is 9.19. The SMILES string of the molecule is Cc1ccc(/C=N/NC(=O)c2c(C)csc2NC(=O)c2cccc(CN3CCN(CCO)CC3)c2)cc1. The number of hydrogen-bond donors (Lipinski definition) is 3. The van der Waals surface area contributed by atoms with E-state index in [2.05, 4.69) is 25.6 Å². The molecule has 1 fully saturated rings. The first-order valence-electron chi connectivity index (χ1n) is 12.4. The summed E-state index contributed by atoms with van der Waals surface area (Å²) in [6.45, 7) is 9.22. The van der Waals surface area contributed by atoms with Crippen LogP contribution in [0.1, 0.15) is 43.0 Å². The van der Waals surface area contributed by atoms with Crippen molar-refractivity contribution in [2.75, 3.05) is 44.6 Å². The Morgan fingerprint density at radius 3 is 2.49 bits per heavy atom. The lowest BCUT2D eigenvalue weighted by molar-refractivity contribution is 0.0956. The Hall–Kier alpha value is -3.37. The van der Waals surface area contributed by atoms with Crippen LogP contribution in [-0.4, -0.2) is 72.3 Å². The van der Waals surface area contributed by atoms with Gasteiger partial charge in [0.05, 0.1) is 18.4 Å². The van der Waals surface area contributed by atoms with Crippen LogP contribution in [0, 0.1) is 13.8 Å². The summed E-state index contributed by atoms with van der Waals surface area (Å²) in [7, 11) is 0. The first-order valence-corrected chi connectivity index (χ1v) is 13.2. The molecule has 9 heteroatoms. The summed E-state index contributed by atoms with van der Waals surface area (Å²) in [6.07, 6.45) is 1.59. The van der Waals surface area contributed by atoms with Crippen LogP contribution < -0.4 is 10.7 Å². The van der Waals surface area contributed by atoms with E-state index in [9.17, 15) is 9.59 Å². The molecule has 1 aromatic heterocycles. The number of carbonyl (C=O) groups excluding carboxylic acids is 2. The zero-order chi connectivity index (χ0) is 26.2. The van der Waals surface area contributed by atoms with Crippen molar-refractivity contribution in [3.8, 4) is 0 Å². The number of piperazine rings is 1. The van der Waals surface area contributed by atoms with Gasteiger partial charge in [0.2, 0.25) is 0 Å². The lowest BCUT2D eigenvalue weighted by Crippen LogP contribution is -2.46. The molecule has 4 rings (SSSR count). The van der Waals surface area contributed by atoms with E-state index in [4.69, 9.17) is 5.11 Å². The third kappa shape index (κ3) is 7.33. The van der Waals surface area contributed by atoms with Crippen LogP contribution in [0.4, 0.5) is 5.00 Å². The lowest BCUT2D eigenvalue weighted by atomic mass is 10.1. The van der Waals surface area contributed by atoms with Crippen molar-refractivity contribution in [1.29, 1.82) is 0 Å². The normalized spacial score (nSPS) is 14.7.